The van der Waals surface area contributed by atoms with Gasteiger partial charge in [0, 0.05) is 22.9 Å². The smallest absolute Gasteiger partial charge is 0.313 e. The van der Waals surface area contributed by atoms with Crippen molar-refractivity contribution in [3.8, 4) is 11.4 Å². The summed E-state index contributed by atoms with van der Waals surface area (Å²) in [7, 11) is 0. The van der Waals surface area contributed by atoms with Gasteiger partial charge in [-0.2, -0.15) is 0 Å². The summed E-state index contributed by atoms with van der Waals surface area (Å²) < 4.78 is 21.6. The second-order valence-corrected chi connectivity index (χ2v) is 10.1. The Balaban J connectivity index is 0.000000400. The minimum atomic E-state index is -0.429. The van der Waals surface area contributed by atoms with Gasteiger partial charge in [0.15, 0.2) is 0 Å². The number of hydrogen-bond acceptors (Lipinski definition) is 5. The molecule has 36 heavy (non-hydrogen) atoms. The molecule has 3 aromatic rings. The van der Waals surface area contributed by atoms with E-state index in [1.165, 1.54) is 11.6 Å². The number of aryl methyl sites for hydroxylation is 2. The third kappa shape index (κ3) is 3.62. The fourth-order valence-corrected chi connectivity index (χ4v) is 5.54. The Hall–Kier alpha value is -3.55. The Bertz CT molecular complexity index is 1510. The van der Waals surface area contributed by atoms with E-state index in [9.17, 15) is 18.8 Å². The van der Waals surface area contributed by atoms with Crippen LogP contribution in [0.1, 0.15) is 72.9 Å². The molecule has 0 bridgehead atoms. The van der Waals surface area contributed by atoms with Crippen molar-refractivity contribution in [3.63, 3.8) is 0 Å². The average molecular weight is 492 g/mol. The maximum Gasteiger partial charge on any atom is 0.313 e. The highest BCUT2D eigenvalue weighted by Crippen LogP contribution is 2.42. The number of pyridine rings is 2. The summed E-state index contributed by atoms with van der Waals surface area (Å²) >= 11 is 0. The minimum absolute atomic E-state index is 0.00926. The molecular formula is C28H30FN3O4. The normalized spacial score (nSPS) is 17.2. The first-order valence-corrected chi connectivity index (χ1v) is 12.5. The summed E-state index contributed by atoms with van der Waals surface area (Å²) in [5.41, 5.74) is 12.2. The first-order valence-electron chi connectivity index (χ1n) is 12.5. The van der Waals surface area contributed by atoms with Crippen LogP contribution in [0, 0.1) is 18.7 Å². The number of hydrogen-bond donors (Lipinski definition) is 1. The predicted molar refractivity (Wildman–Crippen MR) is 134 cm³/mol. The summed E-state index contributed by atoms with van der Waals surface area (Å²) in [6, 6.07) is 3.46. The van der Waals surface area contributed by atoms with Crippen molar-refractivity contribution >= 4 is 22.8 Å². The van der Waals surface area contributed by atoms with E-state index in [0.717, 1.165) is 52.7 Å². The first-order chi connectivity index (χ1) is 17.1. The standard InChI is InChI=1S/C24H21FN2O3.C4H9NO/c1-3-12-15-7-20-22-16(9-27(20)23(28)17(15)10-30-24(12)29)14-6-4-5-13-11(2)18(25)8-19(26-22)21(13)14;1-3(2)4(5)6/h7-8,12H,3-6,9-10H2,1-2H3;3H,1-2H3,(H2,5,6). The van der Waals surface area contributed by atoms with Crippen LogP contribution < -0.4 is 11.3 Å². The van der Waals surface area contributed by atoms with E-state index in [-0.39, 0.29) is 35.8 Å². The van der Waals surface area contributed by atoms with Crippen molar-refractivity contribution < 1.29 is 18.7 Å². The van der Waals surface area contributed by atoms with Gasteiger partial charge in [-0.1, -0.05) is 20.8 Å². The van der Waals surface area contributed by atoms with Gasteiger partial charge in [-0.05, 0) is 60.9 Å². The Morgan fingerprint density at radius 3 is 2.56 bits per heavy atom. The van der Waals surface area contributed by atoms with Gasteiger partial charge in [-0.3, -0.25) is 14.4 Å². The number of fused-ring (bicyclic) bond motifs is 5. The molecule has 7 nitrogen and oxygen atoms in total. The lowest BCUT2D eigenvalue weighted by Gasteiger charge is -2.24. The van der Waals surface area contributed by atoms with Gasteiger partial charge in [-0.25, -0.2) is 9.37 Å². The fraction of sp³-hybridized carbons (Fsp3) is 0.429. The van der Waals surface area contributed by atoms with Crippen molar-refractivity contribution in [1.82, 2.24) is 9.55 Å². The van der Waals surface area contributed by atoms with Gasteiger partial charge in [0.1, 0.15) is 12.4 Å². The van der Waals surface area contributed by atoms with Crippen LogP contribution in [0.25, 0.3) is 22.3 Å². The van der Waals surface area contributed by atoms with E-state index in [0.29, 0.717) is 29.6 Å². The minimum Gasteiger partial charge on any atom is -0.460 e. The number of amides is 1. The van der Waals surface area contributed by atoms with Crippen molar-refractivity contribution in [2.75, 3.05) is 0 Å². The molecule has 1 aliphatic carbocycles. The highest BCUT2D eigenvalue weighted by molar-refractivity contribution is 5.92. The number of rotatable bonds is 2. The lowest BCUT2D eigenvalue weighted by atomic mass is 9.84. The average Bonchev–Trinajstić information content (AvgIpc) is 3.22. The molecule has 1 atom stereocenters. The summed E-state index contributed by atoms with van der Waals surface area (Å²) in [6.07, 6.45) is 3.30. The number of esters is 1. The Morgan fingerprint density at radius 2 is 1.89 bits per heavy atom. The molecule has 2 aromatic heterocycles. The Kier molecular flexibility index (Phi) is 5.93. The van der Waals surface area contributed by atoms with E-state index >= 15 is 0 Å². The molecule has 0 spiro atoms. The third-order valence-corrected chi connectivity index (χ3v) is 7.66. The molecule has 1 aromatic carbocycles. The summed E-state index contributed by atoms with van der Waals surface area (Å²) in [6.45, 7) is 7.78. The molecule has 2 N–H and O–H groups in total. The number of ether oxygens (including phenoxy) is 1. The topological polar surface area (TPSA) is 104 Å². The van der Waals surface area contributed by atoms with E-state index in [2.05, 4.69) is 0 Å². The van der Waals surface area contributed by atoms with E-state index in [1.54, 1.807) is 18.4 Å². The van der Waals surface area contributed by atoms with Gasteiger partial charge in [0.2, 0.25) is 5.91 Å². The van der Waals surface area contributed by atoms with Gasteiger partial charge >= 0.3 is 5.97 Å². The van der Waals surface area contributed by atoms with Crippen LogP contribution in [0.5, 0.6) is 0 Å². The Morgan fingerprint density at radius 1 is 1.19 bits per heavy atom. The molecule has 2 aliphatic heterocycles. The fourth-order valence-electron chi connectivity index (χ4n) is 5.54. The van der Waals surface area contributed by atoms with Crippen molar-refractivity contribution in [1.29, 1.82) is 0 Å². The number of nitrogens with two attached hydrogens (primary N) is 1. The summed E-state index contributed by atoms with van der Waals surface area (Å²) in [4.78, 5) is 40.3. The molecule has 3 aliphatic rings. The number of primary amides is 1. The highest BCUT2D eigenvalue weighted by atomic mass is 19.1. The summed E-state index contributed by atoms with van der Waals surface area (Å²) in [5, 5.41) is 1.06. The summed E-state index contributed by atoms with van der Waals surface area (Å²) in [5.74, 6) is -1.19. The maximum atomic E-state index is 14.6. The van der Waals surface area contributed by atoms with E-state index < -0.39 is 5.92 Å². The lowest BCUT2D eigenvalue weighted by Crippen LogP contribution is -2.32. The molecule has 8 heteroatoms. The molecule has 1 unspecified atom stereocenters. The van der Waals surface area contributed by atoms with Gasteiger partial charge in [0.25, 0.3) is 5.56 Å². The maximum absolute atomic E-state index is 14.6. The molecular weight excluding hydrogens is 461 g/mol. The monoisotopic (exact) mass is 491 g/mol. The van der Waals surface area contributed by atoms with Crippen molar-refractivity contribution in [2.45, 2.75) is 72.4 Å². The zero-order chi connectivity index (χ0) is 25.9. The van der Waals surface area contributed by atoms with E-state index in [4.69, 9.17) is 15.5 Å². The predicted octanol–water partition coefficient (Wildman–Crippen LogP) is 4.04. The van der Waals surface area contributed by atoms with Crippen molar-refractivity contribution in [3.05, 3.63) is 61.7 Å². The van der Waals surface area contributed by atoms with Gasteiger partial charge in [-0.15, -0.1) is 0 Å². The number of benzene rings is 1. The lowest BCUT2D eigenvalue weighted by molar-refractivity contribution is -0.148. The SMILES string of the molecule is CC(C)C(N)=O.CCC1C(=O)OCc2c1cc1n(c2=O)Cc2c-1nc1cc(F)c(C)c3c1c2CCC3. The van der Waals surface area contributed by atoms with Crippen LogP contribution in [0.2, 0.25) is 0 Å². The molecule has 1 amide bonds. The molecule has 4 heterocycles. The van der Waals surface area contributed by atoms with Crippen LogP contribution >= 0.6 is 0 Å². The number of carbonyl (C=O) groups is 2. The number of aromatic nitrogens is 2. The molecule has 0 saturated carbocycles. The van der Waals surface area contributed by atoms with Crippen molar-refractivity contribution in [2.24, 2.45) is 11.7 Å². The van der Waals surface area contributed by atoms with Gasteiger partial charge in [0.05, 0.1) is 34.9 Å². The number of nitrogens with zero attached hydrogens (tertiary/aromatic N) is 2. The number of carbonyl (C=O) groups excluding carboxylic acids is 2. The van der Waals surface area contributed by atoms with E-state index in [1.807, 2.05) is 19.9 Å². The molecule has 6 rings (SSSR count). The second kappa shape index (κ2) is 8.84. The molecule has 0 saturated heterocycles. The van der Waals surface area contributed by atoms with Crippen LogP contribution in [-0.2, 0) is 40.3 Å². The number of cyclic esters (lactones) is 1. The van der Waals surface area contributed by atoms with Crippen LogP contribution in [0.15, 0.2) is 16.9 Å². The zero-order valence-electron chi connectivity index (χ0n) is 21.0. The molecule has 188 valence electrons. The van der Waals surface area contributed by atoms with Crippen LogP contribution in [-0.4, -0.2) is 21.4 Å². The largest absolute Gasteiger partial charge is 0.460 e. The highest BCUT2D eigenvalue weighted by Gasteiger charge is 2.35. The number of halogens is 1. The molecule has 0 fully saturated rings. The van der Waals surface area contributed by atoms with Crippen LogP contribution in [0.4, 0.5) is 4.39 Å². The third-order valence-electron chi connectivity index (χ3n) is 7.66. The van der Waals surface area contributed by atoms with Gasteiger partial charge < -0.3 is 15.0 Å². The van der Waals surface area contributed by atoms with Crippen LogP contribution in [0.3, 0.4) is 0 Å². The zero-order valence-corrected chi connectivity index (χ0v) is 21.0. The molecule has 0 radical (unpaired) electrons. The Labute approximate surface area is 208 Å². The first kappa shape index (κ1) is 24.2. The quantitative estimate of drug-likeness (QED) is 0.426. The second-order valence-electron chi connectivity index (χ2n) is 10.1.